The van der Waals surface area contributed by atoms with Crippen LogP contribution in [0.2, 0.25) is 0 Å². The Balaban J connectivity index is 1.48. The summed E-state index contributed by atoms with van der Waals surface area (Å²) in [6.45, 7) is 2.20. The van der Waals surface area contributed by atoms with E-state index in [1.807, 2.05) is 50.2 Å². The van der Waals surface area contributed by atoms with Crippen molar-refractivity contribution in [1.29, 1.82) is 5.26 Å². The van der Waals surface area contributed by atoms with Gasteiger partial charge >= 0.3 is 5.97 Å². The molecule has 0 heterocycles. The van der Waals surface area contributed by atoms with Crippen molar-refractivity contribution in [2.75, 3.05) is 25.5 Å². The fourth-order valence-electron chi connectivity index (χ4n) is 4.27. The van der Waals surface area contributed by atoms with Crippen LogP contribution in [0.25, 0.3) is 10.8 Å². The summed E-state index contributed by atoms with van der Waals surface area (Å²) in [7, 11) is 0.177. The van der Waals surface area contributed by atoms with E-state index in [0.717, 1.165) is 36.8 Å². The third-order valence-electron chi connectivity index (χ3n) is 6.33. The van der Waals surface area contributed by atoms with Crippen LogP contribution >= 0.6 is 0 Å². The average Bonchev–Trinajstić information content (AvgIpc) is 2.79. The van der Waals surface area contributed by atoms with Gasteiger partial charge in [0.2, 0.25) is 10.0 Å². The van der Waals surface area contributed by atoms with Crippen LogP contribution in [0.3, 0.4) is 0 Å². The number of ether oxygens (including phenoxy) is 1. The zero-order valence-electron chi connectivity index (χ0n) is 19.6. The minimum atomic E-state index is -3.68. The van der Waals surface area contributed by atoms with Gasteiger partial charge < -0.3 is 9.64 Å². The van der Waals surface area contributed by atoms with E-state index in [0.29, 0.717) is 18.2 Å². The second-order valence-electron chi connectivity index (χ2n) is 9.24. The molecule has 0 unspecified atom stereocenters. The standard InChI is InChI=1S/C25H33N3O4S/c1-25(18-26)15-13-19(14-16-25)32-24(29)12-4-5-17-27-33(30,31)23-11-7-8-20-21(23)9-6-10-22(20)28(2)3/h6-11,19,27H,4-5,12-17H2,1-3H3. The van der Waals surface area contributed by atoms with E-state index in [4.69, 9.17) is 4.74 Å². The zero-order chi connectivity index (χ0) is 24.1. The van der Waals surface area contributed by atoms with Crippen LogP contribution in [0, 0.1) is 16.7 Å². The predicted molar refractivity (Wildman–Crippen MR) is 129 cm³/mol. The van der Waals surface area contributed by atoms with Gasteiger partial charge in [0, 0.05) is 43.5 Å². The molecular weight excluding hydrogens is 438 g/mol. The Labute approximate surface area is 196 Å². The van der Waals surface area contributed by atoms with Crippen LogP contribution in [-0.4, -0.2) is 41.1 Å². The normalized spacial score (nSPS) is 20.8. The zero-order valence-corrected chi connectivity index (χ0v) is 20.5. The number of carbonyl (C=O) groups is 1. The molecule has 2 aromatic rings. The Morgan fingerprint density at radius 2 is 1.82 bits per heavy atom. The topological polar surface area (TPSA) is 99.5 Å². The van der Waals surface area contributed by atoms with Crippen LogP contribution in [0.4, 0.5) is 5.69 Å². The fraction of sp³-hybridized carbons (Fsp3) is 0.520. The summed E-state index contributed by atoms with van der Waals surface area (Å²) in [4.78, 5) is 14.3. The first-order valence-electron chi connectivity index (χ1n) is 11.4. The molecule has 1 saturated carbocycles. The highest BCUT2D eigenvalue weighted by molar-refractivity contribution is 7.89. The molecule has 0 bridgehead atoms. The van der Waals surface area contributed by atoms with Gasteiger partial charge in [-0.15, -0.1) is 0 Å². The van der Waals surface area contributed by atoms with Crippen LogP contribution in [0.5, 0.6) is 0 Å². The Morgan fingerprint density at radius 3 is 2.48 bits per heavy atom. The second-order valence-corrected chi connectivity index (χ2v) is 11.0. The minimum absolute atomic E-state index is 0.115. The predicted octanol–water partition coefficient (Wildman–Crippen LogP) is 4.37. The smallest absolute Gasteiger partial charge is 0.306 e. The molecule has 3 rings (SSSR count). The number of anilines is 1. The molecule has 33 heavy (non-hydrogen) atoms. The van der Waals surface area contributed by atoms with Crippen molar-refractivity contribution >= 4 is 32.5 Å². The molecule has 0 radical (unpaired) electrons. The number of benzene rings is 2. The van der Waals surface area contributed by atoms with E-state index in [9.17, 15) is 18.5 Å². The van der Waals surface area contributed by atoms with Gasteiger partial charge in [-0.05, 0) is 57.6 Å². The van der Waals surface area contributed by atoms with Crippen LogP contribution in [-0.2, 0) is 19.6 Å². The van der Waals surface area contributed by atoms with Crippen LogP contribution in [0.15, 0.2) is 41.3 Å². The first-order valence-corrected chi connectivity index (χ1v) is 12.9. The maximum absolute atomic E-state index is 12.9. The van der Waals surface area contributed by atoms with Crippen molar-refractivity contribution < 1.29 is 17.9 Å². The summed E-state index contributed by atoms with van der Waals surface area (Å²) < 4.78 is 34.0. The van der Waals surface area contributed by atoms with Gasteiger partial charge in [-0.2, -0.15) is 5.26 Å². The van der Waals surface area contributed by atoms with Crippen LogP contribution < -0.4 is 9.62 Å². The van der Waals surface area contributed by atoms with Crippen molar-refractivity contribution in [3.63, 3.8) is 0 Å². The first kappa shape index (κ1) is 25.0. The number of fused-ring (bicyclic) bond motifs is 1. The van der Waals surface area contributed by atoms with Crippen molar-refractivity contribution in [3.8, 4) is 6.07 Å². The van der Waals surface area contributed by atoms with E-state index < -0.39 is 10.0 Å². The molecule has 0 aliphatic heterocycles. The maximum atomic E-state index is 12.9. The molecule has 0 amide bonds. The summed E-state index contributed by atoms with van der Waals surface area (Å²) in [5, 5.41) is 10.8. The monoisotopic (exact) mass is 471 g/mol. The Kier molecular flexibility index (Phi) is 7.98. The number of nitriles is 1. The highest BCUT2D eigenvalue weighted by Crippen LogP contribution is 2.36. The van der Waals surface area contributed by atoms with Gasteiger partial charge in [-0.3, -0.25) is 4.79 Å². The van der Waals surface area contributed by atoms with Crippen molar-refractivity contribution in [2.24, 2.45) is 5.41 Å². The van der Waals surface area contributed by atoms with E-state index in [-0.39, 0.29) is 35.3 Å². The molecule has 0 aromatic heterocycles. The highest BCUT2D eigenvalue weighted by Gasteiger charge is 2.32. The van der Waals surface area contributed by atoms with E-state index in [1.165, 1.54) is 0 Å². The van der Waals surface area contributed by atoms with Gasteiger partial charge in [0.05, 0.1) is 16.4 Å². The summed E-state index contributed by atoms with van der Waals surface area (Å²) in [5.74, 6) is -0.256. The number of esters is 1. The maximum Gasteiger partial charge on any atom is 0.306 e. The lowest BCUT2D eigenvalue weighted by Gasteiger charge is -2.31. The lowest BCUT2D eigenvalue weighted by atomic mass is 9.76. The molecule has 7 nitrogen and oxygen atoms in total. The molecule has 1 aliphatic carbocycles. The van der Waals surface area contributed by atoms with Crippen molar-refractivity contribution in [3.05, 3.63) is 36.4 Å². The summed E-state index contributed by atoms with van der Waals surface area (Å²) >= 11 is 0. The van der Waals surface area contributed by atoms with Gasteiger partial charge in [0.25, 0.3) is 0 Å². The fourth-order valence-corrected chi connectivity index (χ4v) is 5.56. The molecule has 1 fully saturated rings. The van der Waals surface area contributed by atoms with Crippen molar-refractivity contribution in [2.45, 2.75) is 62.9 Å². The summed E-state index contributed by atoms with van der Waals surface area (Å²) in [6, 6.07) is 13.3. The molecule has 0 spiro atoms. The minimum Gasteiger partial charge on any atom is -0.462 e. The lowest BCUT2D eigenvalue weighted by Crippen LogP contribution is -2.29. The average molecular weight is 472 g/mol. The third kappa shape index (κ3) is 6.24. The van der Waals surface area contributed by atoms with Crippen LogP contribution in [0.1, 0.15) is 51.9 Å². The van der Waals surface area contributed by atoms with Gasteiger partial charge in [-0.25, -0.2) is 13.1 Å². The molecule has 0 saturated heterocycles. The van der Waals surface area contributed by atoms with E-state index >= 15 is 0 Å². The lowest BCUT2D eigenvalue weighted by molar-refractivity contribution is -0.151. The van der Waals surface area contributed by atoms with Gasteiger partial charge in [0.15, 0.2) is 0 Å². The molecule has 1 N–H and O–H groups in total. The molecule has 8 heteroatoms. The van der Waals surface area contributed by atoms with E-state index in [1.54, 1.807) is 12.1 Å². The molecule has 178 valence electrons. The number of hydrogen-bond donors (Lipinski definition) is 1. The highest BCUT2D eigenvalue weighted by atomic mass is 32.2. The number of carbonyl (C=O) groups excluding carboxylic acids is 1. The summed E-state index contributed by atoms with van der Waals surface area (Å²) in [6.07, 6.45) is 4.15. The number of nitrogens with zero attached hydrogens (tertiary/aromatic N) is 2. The Morgan fingerprint density at radius 1 is 1.15 bits per heavy atom. The SMILES string of the molecule is CN(C)c1cccc2c(S(=O)(=O)NCCCCC(=O)OC3CCC(C)(C#N)CC3)cccc12. The largest absolute Gasteiger partial charge is 0.462 e. The number of sulfonamides is 1. The number of hydrogen-bond acceptors (Lipinski definition) is 6. The number of nitrogens with one attached hydrogen (secondary N) is 1. The molecule has 2 aromatic carbocycles. The Bertz CT molecular complexity index is 1130. The number of rotatable bonds is 9. The second kappa shape index (κ2) is 10.5. The van der Waals surface area contributed by atoms with Gasteiger partial charge in [0.1, 0.15) is 6.10 Å². The molecule has 0 atom stereocenters. The Hall–Kier alpha value is -2.63. The third-order valence-corrected chi connectivity index (χ3v) is 7.85. The summed E-state index contributed by atoms with van der Waals surface area (Å²) in [5.41, 5.74) is 0.649. The molecular formula is C25H33N3O4S. The van der Waals surface area contributed by atoms with Gasteiger partial charge in [-0.1, -0.05) is 24.3 Å². The number of unbranched alkanes of at least 4 members (excludes halogenated alkanes) is 1. The first-order chi connectivity index (χ1) is 15.6. The quantitative estimate of drug-likeness (QED) is 0.431. The van der Waals surface area contributed by atoms with E-state index in [2.05, 4.69) is 10.8 Å². The molecule has 1 aliphatic rings. The van der Waals surface area contributed by atoms with Crippen molar-refractivity contribution in [1.82, 2.24) is 4.72 Å².